The first kappa shape index (κ1) is 15.8. The van der Waals surface area contributed by atoms with E-state index in [1.807, 2.05) is 24.3 Å². The third-order valence-corrected chi connectivity index (χ3v) is 3.53. The molecule has 3 amide bonds. The first-order chi connectivity index (χ1) is 10.5. The molecule has 2 N–H and O–H groups in total. The summed E-state index contributed by atoms with van der Waals surface area (Å²) in [6, 6.07) is 6.96. The number of nitrogens with zero attached hydrogens (tertiary/aromatic N) is 1. The van der Waals surface area contributed by atoms with Crippen LogP contribution in [0.15, 0.2) is 36.9 Å². The number of hydrogen-bond acceptors (Lipinski definition) is 3. The van der Waals surface area contributed by atoms with E-state index in [1.165, 1.54) is 17.9 Å². The summed E-state index contributed by atoms with van der Waals surface area (Å²) in [5, 5.41) is 5.32. The highest BCUT2D eigenvalue weighted by molar-refractivity contribution is 6.02. The maximum Gasteiger partial charge on any atom is 0.243 e. The van der Waals surface area contributed by atoms with E-state index in [1.54, 1.807) is 0 Å². The van der Waals surface area contributed by atoms with Gasteiger partial charge < -0.3 is 10.6 Å². The van der Waals surface area contributed by atoms with Gasteiger partial charge in [-0.05, 0) is 17.7 Å². The second-order valence-corrected chi connectivity index (χ2v) is 5.02. The van der Waals surface area contributed by atoms with Crippen LogP contribution < -0.4 is 15.5 Å². The van der Waals surface area contributed by atoms with Crippen molar-refractivity contribution in [1.29, 1.82) is 0 Å². The van der Waals surface area contributed by atoms with Crippen molar-refractivity contribution in [3.63, 3.8) is 0 Å². The third kappa shape index (κ3) is 3.33. The van der Waals surface area contributed by atoms with Gasteiger partial charge in [0.25, 0.3) is 0 Å². The number of fused-ring (bicyclic) bond motifs is 1. The second-order valence-electron chi connectivity index (χ2n) is 5.02. The Kier molecular flexibility index (Phi) is 4.93. The van der Waals surface area contributed by atoms with Crippen molar-refractivity contribution < 1.29 is 14.4 Å². The Hall–Kier alpha value is -2.63. The minimum atomic E-state index is -0.537. The quantitative estimate of drug-likeness (QED) is 0.610. The minimum Gasteiger partial charge on any atom is -0.353 e. The standard InChI is InChI=1S/C16H19N3O3/c1-3-15(21)17-8-9-18-16(22)14-10-12-6-4-5-7-13(12)19(14)11(2)20/h3-7,14H,1,8-10H2,2H3,(H,17,21)(H,18,22)/t14-/m0/s1. The Morgan fingerprint density at radius 2 is 1.95 bits per heavy atom. The number of amides is 3. The Morgan fingerprint density at radius 3 is 2.64 bits per heavy atom. The molecule has 0 unspecified atom stereocenters. The highest BCUT2D eigenvalue weighted by Crippen LogP contribution is 2.32. The highest BCUT2D eigenvalue weighted by atomic mass is 16.2. The van der Waals surface area contributed by atoms with E-state index >= 15 is 0 Å². The van der Waals surface area contributed by atoms with Crippen LogP contribution in [0, 0.1) is 0 Å². The van der Waals surface area contributed by atoms with Crippen LogP contribution in [0.25, 0.3) is 0 Å². The molecule has 6 nitrogen and oxygen atoms in total. The van der Waals surface area contributed by atoms with Gasteiger partial charge in [-0.3, -0.25) is 19.3 Å². The Morgan fingerprint density at radius 1 is 1.27 bits per heavy atom. The molecule has 6 heteroatoms. The largest absolute Gasteiger partial charge is 0.353 e. The summed E-state index contributed by atoms with van der Waals surface area (Å²) in [6.45, 7) is 5.42. The molecular formula is C16H19N3O3. The van der Waals surface area contributed by atoms with Gasteiger partial charge in [0.05, 0.1) is 0 Å². The molecule has 116 valence electrons. The predicted molar refractivity (Wildman–Crippen MR) is 83.3 cm³/mol. The molecule has 0 spiro atoms. The van der Waals surface area contributed by atoms with Gasteiger partial charge in [-0.15, -0.1) is 0 Å². The van der Waals surface area contributed by atoms with Crippen molar-refractivity contribution in [3.05, 3.63) is 42.5 Å². The molecule has 1 atom stereocenters. The van der Waals surface area contributed by atoms with Gasteiger partial charge in [0.2, 0.25) is 17.7 Å². The van der Waals surface area contributed by atoms with E-state index in [4.69, 9.17) is 0 Å². The van der Waals surface area contributed by atoms with Gasteiger partial charge in [0.1, 0.15) is 6.04 Å². The van der Waals surface area contributed by atoms with Crippen LogP contribution in [0.2, 0.25) is 0 Å². The molecule has 1 aliphatic heterocycles. The first-order valence-electron chi connectivity index (χ1n) is 7.10. The van der Waals surface area contributed by atoms with E-state index < -0.39 is 6.04 Å². The zero-order valence-corrected chi connectivity index (χ0v) is 12.5. The van der Waals surface area contributed by atoms with E-state index in [0.717, 1.165) is 11.3 Å². The summed E-state index contributed by atoms with van der Waals surface area (Å²) < 4.78 is 0. The summed E-state index contributed by atoms with van der Waals surface area (Å²) >= 11 is 0. The van der Waals surface area contributed by atoms with Crippen molar-refractivity contribution in [2.75, 3.05) is 18.0 Å². The molecule has 2 rings (SSSR count). The number of carbonyl (C=O) groups is 3. The smallest absolute Gasteiger partial charge is 0.243 e. The Labute approximate surface area is 129 Å². The molecule has 1 aliphatic rings. The van der Waals surface area contributed by atoms with Crippen LogP contribution >= 0.6 is 0 Å². The lowest BCUT2D eigenvalue weighted by atomic mass is 10.1. The van der Waals surface area contributed by atoms with Crippen LogP contribution in [0.1, 0.15) is 12.5 Å². The average Bonchev–Trinajstić information content (AvgIpc) is 2.90. The zero-order valence-electron chi connectivity index (χ0n) is 12.5. The van der Waals surface area contributed by atoms with E-state index in [9.17, 15) is 14.4 Å². The molecule has 0 bridgehead atoms. The number of para-hydroxylation sites is 1. The topological polar surface area (TPSA) is 78.5 Å². The van der Waals surface area contributed by atoms with Gasteiger partial charge in [-0.25, -0.2) is 0 Å². The third-order valence-electron chi connectivity index (χ3n) is 3.53. The van der Waals surface area contributed by atoms with Crippen LogP contribution in [0.4, 0.5) is 5.69 Å². The first-order valence-corrected chi connectivity index (χ1v) is 7.10. The Balaban J connectivity index is 1.97. The van der Waals surface area contributed by atoms with Crippen LogP contribution in [-0.4, -0.2) is 36.9 Å². The number of carbonyl (C=O) groups excluding carboxylic acids is 3. The van der Waals surface area contributed by atoms with E-state index in [2.05, 4.69) is 17.2 Å². The molecule has 0 aromatic heterocycles. The van der Waals surface area contributed by atoms with Crippen LogP contribution in [0.3, 0.4) is 0 Å². The Bertz CT molecular complexity index is 612. The van der Waals surface area contributed by atoms with Gasteiger partial charge in [0.15, 0.2) is 0 Å². The lowest BCUT2D eigenvalue weighted by Gasteiger charge is -2.23. The SMILES string of the molecule is C=CC(=O)NCCNC(=O)[C@@H]1Cc2ccccc2N1C(C)=O. The van der Waals surface area contributed by atoms with E-state index in [0.29, 0.717) is 19.5 Å². The fourth-order valence-corrected chi connectivity index (χ4v) is 2.55. The summed E-state index contributed by atoms with van der Waals surface area (Å²) in [7, 11) is 0. The lowest BCUT2D eigenvalue weighted by Crippen LogP contribution is -2.48. The molecule has 0 saturated heterocycles. The molecule has 22 heavy (non-hydrogen) atoms. The summed E-state index contributed by atoms with van der Waals surface area (Å²) in [5.74, 6) is -0.669. The van der Waals surface area contributed by atoms with Crippen LogP contribution in [-0.2, 0) is 20.8 Å². The van der Waals surface area contributed by atoms with Crippen molar-refractivity contribution in [2.45, 2.75) is 19.4 Å². The maximum absolute atomic E-state index is 12.3. The highest BCUT2D eigenvalue weighted by Gasteiger charge is 2.36. The molecule has 0 saturated carbocycles. The number of rotatable bonds is 5. The number of nitrogens with one attached hydrogen (secondary N) is 2. The minimum absolute atomic E-state index is 0.162. The fraction of sp³-hybridized carbons (Fsp3) is 0.312. The van der Waals surface area contributed by atoms with Crippen molar-refractivity contribution in [2.24, 2.45) is 0 Å². The fourth-order valence-electron chi connectivity index (χ4n) is 2.55. The molecule has 1 aromatic carbocycles. The normalized spacial score (nSPS) is 15.9. The number of anilines is 1. The molecule has 0 radical (unpaired) electrons. The lowest BCUT2D eigenvalue weighted by molar-refractivity contribution is -0.125. The molecule has 0 fully saturated rings. The van der Waals surface area contributed by atoms with Crippen molar-refractivity contribution >= 4 is 23.4 Å². The van der Waals surface area contributed by atoms with Gasteiger partial charge in [0, 0.05) is 32.1 Å². The second kappa shape index (κ2) is 6.89. The van der Waals surface area contributed by atoms with Gasteiger partial charge in [-0.1, -0.05) is 24.8 Å². The number of hydrogen-bond donors (Lipinski definition) is 2. The average molecular weight is 301 g/mol. The van der Waals surface area contributed by atoms with Gasteiger partial charge >= 0.3 is 0 Å². The predicted octanol–water partition coefficient (Wildman–Crippen LogP) is 0.383. The number of benzene rings is 1. The van der Waals surface area contributed by atoms with E-state index in [-0.39, 0.29) is 17.7 Å². The molecule has 0 aliphatic carbocycles. The summed E-state index contributed by atoms with van der Waals surface area (Å²) in [5.41, 5.74) is 1.77. The monoisotopic (exact) mass is 301 g/mol. The molecular weight excluding hydrogens is 282 g/mol. The van der Waals surface area contributed by atoms with Crippen molar-refractivity contribution in [1.82, 2.24) is 10.6 Å². The summed E-state index contributed by atoms with van der Waals surface area (Å²) in [4.78, 5) is 36.7. The van der Waals surface area contributed by atoms with Crippen LogP contribution in [0.5, 0.6) is 0 Å². The van der Waals surface area contributed by atoms with Gasteiger partial charge in [-0.2, -0.15) is 0 Å². The maximum atomic E-state index is 12.3. The molecule has 1 aromatic rings. The zero-order chi connectivity index (χ0) is 16.1. The summed E-state index contributed by atoms with van der Waals surface area (Å²) in [6.07, 6.45) is 1.67. The molecule has 1 heterocycles. The van der Waals surface area contributed by atoms with Crippen molar-refractivity contribution in [3.8, 4) is 0 Å².